The minimum Gasteiger partial charge on any atom is -0.496 e. The van der Waals surface area contributed by atoms with Gasteiger partial charge in [-0.05, 0) is 89.9 Å². The third kappa shape index (κ3) is 5.75. The van der Waals surface area contributed by atoms with Crippen LogP contribution >= 0.6 is 0 Å². The van der Waals surface area contributed by atoms with Crippen LogP contribution in [-0.4, -0.2) is 67.6 Å². The molecule has 2 amide bonds. The number of pyridine rings is 1. The van der Waals surface area contributed by atoms with E-state index in [0.29, 0.717) is 23.2 Å². The molecule has 2 fully saturated rings. The summed E-state index contributed by atoms with van der Waals surface area (Å²) in [4.78, 5) is 33.8. The van der Waals surface area contributed by atoms with E-state index in [2.05, 4.69) is 34.2 Å². The van der Waals surface area contributed by atoms with Crippen molar-refractivity contribution in [3.8, 4) is 5.75 Å². The standard InChI is InChI=1S/C27H37N5O3/c1-31(2)14-5-4-7-22-23(8-6-9-24(22)35-3)27(34)30-19-15-20-11-12-21(16-19)32(20)25-13-10-18(17-29-25)26(28)33/h6,8-10,13,17,19-21H,4-5,7,11-12,14-16H2,1-3H3,(H2,28,33)(H,30,34). The molecule has 0 radical (unpaired) electrons. The number of benzene rings is 1. The van der Waals surface area contributed by atoms with Crippen molar-refractivity contribution in [2.45, 2.75) is 63.1 Å². The highest BCUT2D eigenvalue weighted by Gasteiger charge is 2.42. The molecule has 8 heteroatoms. The van der Waals surface area contributed by atoms with E-state index in [-0.39, 0.29) is 11.9 Å². The van der Waals surface area contributed by atoms with E-state index in [4.69, 9.17) is 10.5 Å². The number of nitrogens with two attached hydrogens (primary N) is 1. The number of piperidine rings is 1. The summed E-state index contributed by atoms with van der Waals surface area (Å²) in [7, 11) is 5.82. The second-order valence-corrected chi connectivity index (χ2v) is 9.95. The number of nitrogens with zero attached hydrogens (tertiary/aromatic N) is 3. The number of carbonyl (C=O) groups excluding carboxylic acids is 2. The quantitative estimate of drug-likeness (QED) is 0.508. The van der Waals surface area contributed by atoms with Crippen LogP contribution in [-0.2, 0) is 6.42 Å². The van der Waals surface area contributed by atoms with Gasteiger partial charge in [-0.2, -0.15) is 0 Å². The maximum absolute atomic E-state index is 13.4. The molecule has 2 aliphatic rings. The van der Waals surface area contributed by atoms with Crippen molar-refractivity contribution in [1.82, 2.24) is 15.2 Å². The van der Waals surface area contributed by atoms with Crippen LogP contribution in [0.4, 0.5) is 5.82 Å². The first-order valence-electron chi connectivity index (χ1n) is 12.5. The first-order valence-corrected chi connectivity index (χ1v) is 12.5. The van der Waals surface area contributed by atoms with Crippen LogP contribution in [0.15, 0.2) is 36.5 Å². The van der Waals surface area contributed by atoms with E-state index in [1.807, 2.05) is 24.3 Å². The zero-order chi connectivity index (χ0) is 24.9. The second kappa shape index (κ2) is 11.1. The molecule has 2 aromatic rings. The van der Waals surface area contributed by atoms with Crippen molar-refractivity contribution in [2.24, 2.45) is 5.73 Å². The summed E-state index contributed by atoms with van der Waals surface area (Å²) in [5.41, 5.74) is 7.48. The van der Waals surface area contributed by atoms with Crippen LogP contribution in [0.2, 0.25) is 0 Å². The van der Waals surface area contributed by atoms with Crippen molar-refractivity contribution >= 4 is 17.6 Å². The molecule has 2 atom stereocenters. The van der Waals surface area contributed by atoms with E-state index in [9.17, 15) is 9.59 Å². The molecule has 2 bridgehead atoms. The Morgan fingerprint density at radius 2 is 1.89 bits per heavy atom. The van der Waals surface area contributed by atoms with Gasteiger partial charge in [-0.1, -0.05) is 6.07 Å². The number of carbonyl (C=O) groups is 2. The maximum atomic E-state index is 13.4. The minimum atomic E-state index is -0.469. The number of unbranched alkanes of at least 4 members (excludes halogenated alkanes) is 1. The van der Waals surface area contributed by atoms with Gasteiger partial charge in [0.15, 0.2) is 0 Å². The van der Waals surface area contributed by atoms with Crippen molar-refractivity contribution < 1.29 is 14.3 Å². The van der Waals surface area contributed by atoms with Crippen molar-refractivity contribution in [1.29, 1.82) is 0 Å². The Labute approximate surface area is 207 Å². The molecular formula is C27H37N5O3. The van der Waals surface area contributed by atoms with Crippen LogP contribution in [0.3, 0.4) is 0 Å². The van der Waals surface area contributed by atoms with E-state index in [0.717, 1.165) is 68.6 Å². The number of anilines is 1. The van der Waals surface area contributed by atoms with E-state index < -0.39 is 5.91 Å². The Bertz CT molecular complexity index is 1030. The molecule has 0 saturated carbocycles. The first kappa shape index (κ1) is 25.0. The minimum absolute atomic E-state index is 0.0201. The SMILES string of the molecule is COc1cccc(C(=O)NC2CC3CCC(C2)N3c2ccc(C(N)=O)cn2)c1CCCCN(C)C. The lowest BCUT2D eigenvalue weighted by Gasteiger charge is -2.40. The number of ether oxygens (including phenoxy) is 1. The van der Waals surface area contributed by atoms with Gasteiger partial charge >= 0.3 is 0 Å². The van der Waals surface area contributed by atoms with Crippen molar-refractivity contribution in [3.63, 3.8) is 0 Å². The fourth-order valence-electron chi connectivity index (χ4n) is 5.57. The Hall–Kier alpha value is -3.13. The average molecular weight is 480 g/mol. The Morgan fingerprint density at radius 3 is 2.49 bits per heavy atom. The van der Waals surface area contributed by atoms with Crippen LogP contribution in [0.25, 0.3) is 0 Å². The van der Waals surface area contributed by atoms with Gasteiger partial charge in [-0.25, -0.2) is 4.98 Å². The number of aromatic nitrogens is 1. The van der Waals surface area contributed by atoms with Crippen LogP contribution < -0.4 is 20.7 Å². The maximum Gasteiger partial charge on any atom is 0.251 e. The van der Waals surface area contributed by atoms with Crippen LogP contribution in [0.5, 0.6) is 5.75 Å². The summed E-state index contributed by atoms with van der Waals surface area (Å²) >= 11 is 0. The molecule has 4 rings (SSSR count). The predicted octanol–water partition coefficient (Wildman–Crippen LogP) is 3.00. The molecule has 1 aromatic carbocycles. The summed E-state index contributed by atoms with van der Waals surface area (Å²) in [6.07, 6.45) is 8.35. The monoisotopic (exact) mass is 479 g/mol. The van der Waals surface area contributed by atoms with Crippen molar-refractivity contribution in [3.05, 3.63) is 53.2 Å². The molecule has 2 aliphatic heterocycles. The molecule has 2 saturated heterocycles. The highest BCUT2D eigenvalue weighted by molar-refractivity contribution is 5.96. The normalized spacial score (nSPS) is 21.3. The molecule has 8 nitrogen and oxygen atoms in total. The number of hydrogen-bond acceptors (Lipinski definition) is 6. The lowest BCUT2D eigenvalue weighted by atomic mass is 9.95. The van der Waals surface area contributed by atoms with Gasteiger partial charge in [0, 0.05) is 35.4 Å². The number of rotatable bonds is 10. The van der Waals surface area contributed by atoms with Crippen LogP contribution in [0.1, 0.15) is 64.8 Å². The summed E-state index contributed by atoms with van der Waals surface area (Å²) in [6, 6.07) is 10.1. The lowest BCUT2D eigenvalue weighted by molar-refractivity contribution is 0.0924. The summed E-state index contributed by atoms with van der Waals surface area (Å²) in [5.74, 6) is 1.17. The number of methoxy groups -OCH3 is 1. The number of amides is 2. The van der Waals surface area contributed by atoms with E-state index >= 15 is 0 Å². The number of fused-ring (bicyclic) bond motifs is 2. The zero-order valence-electron chi connectivity index (χ0n) is 21.0. The number of nitrogens with one attached hydrogen (secondary N) is 1. The molecule has 35 heavy (non-hydrogen) atoms. The van der Waals surface area contributed by atoms with Gasteiger partial charge in [0.1, 0.15) is 11.6 Å². The fraction of sp³-hybridized carbons (Fsp3) is 0.519. The Balaban J connectivity index is 1.42. The highest BCUT2D eigenvalue weighted by atomic mass is 16.5. The van der Waals surface area contributed by atoms with E-state index in [1.165, 1.54) is 0 Å². The van der Waals surface area contributed by atoms with Crippen LogP contribution in [0, 0.1) is 0 Å². The smallest absolute Gasteiger partial charge is 0.251 e. The predicted molar refractivity (Wildman–Crippen MR) is 137 cm³/mol. The molecular weight excluding hydrogens is 442 g/mol. The topological polar surface area (TPSA) is 101 Å². The molecule has 3 N–H and O–H groups in total. The Kier molecular flexibility index (Phi) is 7.90. The highest BCUT2D eigenvalue weighted by Crippen LogP contribution is 2.38. The Morgan fingerprint density at radius 1 is 1.14 bits per heavy atom. The van der Waals surface area contributed by atoms with Gasteiger partial charge < -0.3 is 25.6 Å². The number of primary amides is 1. The van der Waals surface area contributed by atoms with Gasteiger partial charge in [0.25, 0.3) is 5.91 Å². The average Bonchev–Trinajstić information content (AvgIpc) is 3.11. The van der Waals surface area contributed by atoms with Gasteiger partial charge in [0.05, 0.1) is 12.7 Å². The molecule has 3 heterocycles. The first-order chi connectivity index (χ1) is 16.9. The lowest BCUT2D eigenvalue weighted by Crippen LogP contribution is -2.51. The third-order valence-corrected chi connectivity index (χ3v) is 7.24. The molecule has 0 spiro atoms. The summed E-state index contributed by atoms with van der Waals surface area (Å²) < 4.78 is 5.60. The third-order valence-electron chi connectivity index (χ3n) is 7.24. The summed E-state index contributed by atoms with van der Waals surface area (Å²) in [5, 5.41) is 3.32. The summed E-state index contributed by atoms with van der Waals surface area (Å²) in [6.45, 7) is 1.03. The van der Waals surface area contributed by atoms with Gasteiger partial charge in [-0.15, -0.1) is 0 Å². The molecule has 0 aliphatic carbocycles. The molecule has 2 unspecified atom stereocenters. The van der Waals surface area contributed by atoms with Gasteiger partial charge in [0.2, 0.25) is 5.91 Å². The zero-order valence-corrected chi connectivity index (χ0v) is 21.0. The van der Waals surface area contributed by atoms with E-state index in [1.54, 1.807) is 19.4 Å². The second-order valence-electron chi connectivity index (χ2n) is 9.95. The molecule has 188 valence electrons. The fourth-order valence-corrected chi connectivity index (χ4v) is 5.57. The molecule has 1 aromatic heterocycles. The number of hydrogen-bond donors (Lipinski definition) is 2. The van der Waals surface area contributed by atoms with Gasteiger partial charge in [-0.3, -0.25) is 9.59 Å². The largest absolute Gasteiger partial charge is 0.496 e. The van der Waals surface area contributed by atoms with Crippen molar-refractivity contribution in [2.75, 3.05) is 32.6 Å².